The Morgan fingerprint density at radius 1 is 0.957 bits per heavy atom. The van der Waals surface area contributed by atoms with E-state index in [-0.39, 0.29) is 12.6 Å². The van der Waals surface area contributed by atoms with Crippen molar-refractivity contribution in [3.05, 3.63) is 71.8 Å². The van der Waals surface area contributed by atoms with E-state index in [4.69, 9.17) is 5.11 Å². The van der Waals surface area contributed by atoms with Gasteiger partial charge in [0.25, 0.3) is 0 Å². The minimum absolute atomic E-state index is 0.0374. The van der Waals surface area contributed by atoms with Crippen LogP contribution < -0.4 is 5.32 Å². The van der Waals surface area contributed by atoms with Crippen molar-refractivity contribution in [1.29, 1.82) is 0 Å². The molecule has 2 amide bonds. The second-order valence-electron chi connectivity index (χ2n) is 5.45. The zero-order valence-electron chi connectivity index (χ0n) is 13.3. The first-order chi connectivity index (χ1) is 11.3. The van der Waals surface area contributed by atoms with E-state index in [9.17, 15) is 4.79 Å². The summed E-state index contributed by atoms with van der Waals surface area (Å²) in [6.45, 7) is 1.43. The summed E-state index contributed by atoms with van der Waals surface area (Å²) in [6, 6.07) is 19.9. The largest absolute Gasteiger partial charge is 0.395 e. The maximum absolute atomic E-state index is 12.3. The van der Waals surface area contributed by atoms with Crippen LogP contribution in [0, 0.1) is 0 Å². The van der Waals surface area contributed by atoms with Crippen LogP contribution in [-0.2, 0) is 13.0 Å². The van der Waals surface area contributed by atoms with Crippen LogP contribution in [0.25, 0.3) is 0 Å². The number of hydrogen-bond donors (Lipinski definition) is 2. The van der Waals surface area contributed by atoms with Crippen LogP contribution in [0.2, 0.25) is 0 Å². The van der Waals surface area contributed by atoms with Gasteiger partial charge in [-0.2, -0.15) is 0 Å². The van der Waals surface area contributed by atoms with Gasteiger partial charge in [0, 0.05) is 19.6 Å². The van der Waals surface area contributed by atoms with Crippen LogP contribution in [0.4, 0.5) is 4.79 Å². The molecule has 0 aliphatic heterocycles. The number of benzene rings is 2. The number of hydrogen-bond acceptors (Lipinski definition) is 2. The molecule has 0 fully saturated rings. The molecule has 0 aliphatic rings. The third kappa shape index (κ3) is 6.12. The highest BCUT2D eigenvalue weighted by molar-refractivity contribution is 5.74. The molecule has 0 atom stereocenters. The molecule has 0 aromatic heterocycles. The number of aliphatic hydroxyl groups is 1. The summed E-state index contributed by atoms with van der Waals surface area (Å²) < 4.78 is 0. The lowest BCUT2D eigenvalue weighted by atomic mass is 10.1. The molecule has 2 aromatic rings. The minimum atomic E-state index is -0.129. The summed E-state index contributed by atoms with van der Waals surface area (Å²) in [7, 11) is 0. The lowest BCUT2D eigenvalue weighted by molar-refractivity contribution is 0.174. The summed E-state index contributed by atoms with van der Waals surface area (Å²) in [5.41, 5.74) is 2.33. The Morgan fingerprint density at radius 3 is 2.17 bits per heavy atom. The Kier molecular flexibility index (Phi) is 7.14. The maximum Gasteiger partial charge on any atom is 0.317 e. The monoisotopic (exact) mass is 312 g/mol. The number of aryl methyl sites for hydroxylation is 1. The van der Waals surface area contributed by atoms with Gasteiger partial charge in [-0.05, 0) is 24.0 Å². The van der Waals surface area contributed by atoms with E-state index in [1.807, 2.05) is 48.5 Å². The molecular weight excluding hydrogens is 288 g/mol. The van der Waals surface area contributed by atoms with Gasteiger partial charge in [-0.25, -0.2) is 4.79 Å². The molecular formula is C19H24N2O2. The zero-order valence-corrected chi connectivity index (χ0v) is 13.3. The van der Waals surface area contributed by atoms with Crippen LogP contribution in [0.5, 0.6) is 0 Å². The van der Waals surface area contributed by atoms with Crippen molar-refractivity contribution in [2.45, 2.75) is 19.4 Å². The second-order valence-corrected chi connectivity index (χ2v) is 5.45. The molecule has 0 radical (unpaired) electrons. The van der Waals surface area contributed by atoms with Crippen LogP contribution in [0.3, 0.4) is 0 Å². The summed E-state index contributed by atoms with van der Waals surface area (Å²) in [4.78, 5) is 13.9. The van der Waals surface area contributed by atoms with Gasteiger partial charge < -0.3 is 15.3 Å². The molecule has 2 rings (SSSR count). The van der Waals surface area contributed by atoms with Crippen molar-refractivity contribution in [2.75, 3.05) is 19.7 Å². The topological polar surface area (TPSA) is 52.6 Å². The van der Waals surface area contributed by atoms with Gasteiger partial charge >= 0.3 is 6.03 Å². The third-order valence-electron chi connectivity index (χ3n) is 3.63. The van der Waals surface area contributed by atoms with E-state index < -0.39 is 0 Å². The summed E-state index contributed by atoms with van der Waals surface area (Å²) >= 11 is 0. The Morgan fingerprint density at radius 2 is 1.57 bits per heavy atom. The van der Waals surface area contributed by atoms with Gasteiger partial charge in [0.15, 0.2) is 0 Å². The van der Waals surface area contributed by atoms with E-state index in [1.165, 1.54) is 5.56 Å². The Bertz CT molecular complexity index is 572. The molecule has 2 aromatic carbocycles. The number of rotatable bonds is 8. The van der Waals surface area contributed by atoms with Gasteiger partial charge in [0.05, 0.1) is 6.61 Å². The number of nitrogens with one attached hydrogen (secondary N) is 1. The number of aliphatic hydroxyl groups excluding tert-OH is 1. The fraction of sp³-hybridized carbons (Fsp3) is 0.316. The highest BCUT2D eigenvalue weighted by Gasteiger charge is 2.12. The van der Waals surface area contributed by atoms with Gasteiger partial charge in [0.2, 0.25) is 0 Å². The molecule has 2 N–H and O–H groups in total. The molecule has 0 saturated heterocycles. The van der Waals surface area contributed by atoms with E-state index in [1.54, 1.807) is 4.90 Å². The van der Waals surface area contributed by atoms with E-state index in [2.05, 4.69) is 17.4 Å². The van der Waals surface area contributed by atoms with Crippen molar-refractivity contribution in [3.63, 3.8) is 0 Å². The molecule has 0 aliphatic carbocycles. The molecule has 4 nitrogen and oxygen atoms in total. The van der Waals surface area contributed by atoms with Crippen molar-refractivity contribution in [2.24, 2.45) is 0 Å². The first-order valence-electron chi connectivity index (χ1n) is 8.01. The Labute approximate surface area is 137 Å². The van der Waals surface area contributed by atoms with Crippen molar-refractivity contribution in [3.8, 4) is 0 Å². The number of carbonyl (C=O) groups is 1. The molecule has 0 bridgehead atoms. The van der Waals surface area contributed by atoms with Crippen molar-refractivity contribution >= 4 is 6.03 Å². The predicted molar refractivity (Wildman–Crippen MR) is 92.1 cm³/mol. The normalized spacial score (nSPS) is 10.3. The number of amides is 2. The number of nitrogens with zero attached hydrogens (tertiary/aromatic N) is 1. The van der Waals surface area contributed by atoms with Gasteiger partial charge in [-0.3, -0.25) is 0 Å². The molecule has 0 spiro atoms. The number of carbonyl (C=O) groups excluding carboxylic acids is 1. The first-order valence-corrected chi connectivity index (χ1v) is 8.01. The van der Waals surface area contributed by atoms with E-state index in [0.29, 0.717) is 19.6 Å². The summed E-state index contributed by atoms with van der Waals surface area (Å²) in [5.74, 6) is 0. The fourth-order valence-corrected chi connectivity index (χ4v) is 2.42. The lowest BCUT2D eigenvalue weighted by Crippen LogP contribution is -2.41. The van der Waals surface area contributed by atoms with Crippen LogP contribution >= 0.6 is 0 Å². The van der Waals surface area contributed by atoms with E-state index >= 15 is 0 Å². The van der Waals surface area contributed by atoms with E-state index in [0.717, 1.165) is 18.4 Å². The molecule has 23 heavy (non-hydrogen) atoms. The van der Waals surface area contributed by atoms with Crippen LogP contribution in [-0.4, -0.2) is 35.7 Å². The summed E-state index contributed by atoms with van der Waals surface area (Å²) in [6.07, 6.45) is 1.84. The molecule has 0 saturated carbocycles. The molecule has 0 unspecified atom stereocenters. The lowest BCUT2D eigenvalue weighted by Gasteiger charge is -2.22. The predicted octanol–water partition coefficient (Wildman–Crippen LogP) is 2.82. The summed E-state index contributed by atoms with van der Waals surface area (Å²) in [5, 5.41) is 12.1. The first kappa shape index (κ1) is 17.0. The Balaban J connectivity index is 1.76. The highest BCUT2D eigenvalue weighted by atomic mass is 16.3. The maximum atomic E-state index is 12.3. The van der Waals surface area contributed by atoms with Gasteiger partial charge in [0.1, 0.15) is 0 Å². The van der Waals surface area contributed by atoms with Gasteiger partial charge in [-0.1, -0.05) is 60.7 Å². The van der Waals surface area contributed by atoms with Crippen LogP contribution in [0.1, 0.15) is 17.5 Å². The zero-order chi connectivity index (χ0) is 16.3. The average Bonchev–Trinajstić information content (AvgIpc) is 2.60. The number of urea groups is 1. The highest BCUT2D eigenvalue weighted by Crippen LogP contribution is 2.05. The smallest absolute Gasteiger partial charge is 0.317 e. The standard InChI is InChI=1S/C19H24N2O2/c22-15-14-21(16-18-10-5-2-6-11-18)19(23)20-13-7-12-17-8-3-1-4-9-17/h1-6,8-11,22H,7,12-16H2,(H,20,23). The fourth-order valence-electron chi connectivity index (χ4n) is 2.42. The molecule has 122 valence electrons. The Hall–Kier alpha value is -2.33. The van der Waals surface area contributed by atoms with Crippen molar-refractivity contribution < 1.29 is 9.90 Å². The molecule has 4 heteroatoms. The second kappa shape index (κ2) is 9.64. The average molecular weight is 312 g/mol. The minimum Gasteiger partial charge on any atom is -0.395 e. The van der Waals surface area contributed by atoms with Gasteiger partial charge in [-0.15, -0.1) is 0 Å². The van der Waals surface area contributed by atoms with Crippen molar-refractivity contribution in [1.82, 2.24) is 10.2 Å². The molecule has 0 heterocycles. The third-order valence-corrected chi connectivity index (χ3v) is 3.63. The van der Waals surface area contributed by atoms with Crippen LogP contribution in [0.15, 0.2) is 60.7 Å². The SMILES string of the molecule is O=C(NCCCc1ccccc1)N(CCO)Cc1ccccc1. The quantitative estimate of drug-likeness (QED) is 0.737.